The summed E-state index contributed by atoms with van der Waals surface area (Å²) in [5.74, 6) is 1.36. The highest BCUT2D eigenvalue weighted by molar-refractivity contribution is 5.97. The number of rotatable bonds is 6. The number of nitrogens with one attached hydrogen (secondary N) is 2. The quantitative estimate of drug-likeness (QED) is 0.668. The number of nitrogens with two attached hydrogens (primary N) is 1. The molecular formula is C17H24ClN3O4. The number of halogens is 1. The van der Waals surface area contributed by atoms with Crippen molar-refractivity contribution in [1.29, 1.82) is 0 Å². The van der Waals surface area contributed by atoms with Gasteiger partial charge in [-0.1, -0.05) is 25.7 Å². The number of amides is 2. The average molecular weight is 370 g/mol. The maximum Gasteiger partial charge on any atom is 0.243 e. The van der Waals surface area contributed by atoms with Gasteiger partial charge in [0.05, 0.1) is 17.9 Å². The molecule has 1 heterocycles. The van der Waals surface area contributed by atoms with Gasteiger partial charge in [-0.25, -0.2) is 0 Å². The third-order valence-corrected chi connectivity index (χ3v) is 4.52. The molecule has 0 bridgehead atoms. The number of carbonyl (C=O) groups is 2. The molecule has 138 valence electrons. The third kappa shape index (κ3) is 5.16. The van der Waals surface area contributed by atoms with E-state index in [2.05, 4.69) is 10.6 Å². The van der Waals surface area contributed by atoms with Gasteiger partial charge in [-0.05, 0) is 12.3 Å². The Bertz CT molecular complexity index is 633. The van der Waals surface area contributed by atoms with E-state index >= 15 is 0 Å². The van der Waals surface area contributed by atoms with Gasteiger partial charge in [0.15, 0.2) is 11.5 Å². The van der Waals surface area contributed by atoms with Crippen molar-refractivity contribution in [2.24, 2.45) is 5.92 Å². The molecule has 25 heavy (non-hydrogen) atoms. The Labute approximate surface area is 153 Å². The largest absolute Gasteiger partial charge is 0.454 e. The summed E-state index contributed by atoms with van der Waals surface area (Å²) in [5.41, 5.74) is 6.72. The van der Waals surface area contributed by atoms with Crippen molar-refractivity contribution in [3.8, 4) is 11.5 Å². The minimum atomic E-state index is -0.324. The molecule has 0 aromatic heterocycles. The zero-order valence-electron chi connectivity index (χ0n) is 14.0. The lowest BCUT2D eigenvalue weighted by Crippen LogP contribution is -2.33. The van der Waals surface area contributed by atoms with Gasteiger partial charge in [0, 0.05) is 18.6 Å². The Hall–Kier alpha value is -2.15. The van der Waals surface area contributed by atoms with E-state index in [1.54, 1.807) is 12.1 Å². The molecule has 3 rings (SSSR count). The molecule has 0 atom stereocenters. The number of benzene rings is 1. The number of fused-ring (bicyclic) bond motifs is 1. The number of hydrogen-bond donors (Lipinski definition) is 3. The normalized spacial score (nSPS) is 15.5. The SMILES string of the molecule is Cl.Nc1cc2c(cc1NC(=O)CNC(=O)CCC1CCCC1)OCO2. The highest BCUT2D eigenvalue weighted by Crippen LogP contribution is 2.38. The summed E-state index contributed by atoms with van der Waals surface area (Å²) in [7, 11) is 0. The maximum absolute atomic E-state index is 12.0. The molecule has 1 aliphatic heterocycles. The number of carbonyl (C=O) groups excluding carboxylic acids is 2. The van der Waals surface area contributed by atoms with Gasteiger partial charge < -0.3 is 25.8 Å². The first-order chi connectivity index (χ1) is 11.6. The van der Waals surface area contributed by atoms with Gasteiger partial charge in [-0.15, -0.1) is 12.4 Å². The fourth-order valence-electron chi connectivity index (χ4n) is 3.16. The Morgan fingerprint density at radius 2 is 1.80 bits per heavy atom. The summed E-state index contributed by atoms with van der Waals surface area (Å²) in [6.45, 7) is 0.0700. The van der Waals surface area contributed by atoms with Gasteiger partial charge in [0.2, 0.25) is 18.6 Å². The zero-order chi connectivity index (χ0) is 16.9. The Morgan fingerprint density at radius 3 is 2.52 bits per heavy atom. The monoisotopic (exact) mass is 369 g/mol. The van der Waals surface area contributed by atoms with E-state index < -0.39 is 0 Å². The van der Waals surface area contributed by atoms with Crippen LogP contribution in [0.15, 0.2) is 12.1 Å². The first-order valence-corrected chi connectivity index (χ1v) is 8.37. The smallest absolute Gasteiger partial charge is 0.243 e. The lowest BCUT2D eigenvalue weighted by atomic mass is 10.0. The summed E-state index contributed by atoms with van der Waals surface area (Å²) >= 11 is 0. The fraction of sp³-hybridized carbons (Fsp3) is 0.529. The Morgan fingerprint density at radius 1 is 1.12 bits per heavy atom. The molecular weight excluding hydrogens is 346 g/mol. The van der Waals surface area contributed by atoms with Crippen LogP contribution in [0, 0.1) is 5.92 Å². The van der Waals surface area contributed by atoms with Gasteiger partial charge >= 0.3 is 0 Å². The number of ether oxygens (including phenoxy) is 2. The second-order valence-electron chi connectivity index (χ2n) is 6.31. The van der Waals surface area contributed by atoms with Crippen LogP contribution in [0.3, 0.4) is 0 Å². The molecule has 1 aliphatic carbocycles. The van der Waals surface area contributed by atoms with Crippen molar-refractivity contribution in [3.05, 3.63) is 12.1 Å². The minimum absolute atomic E-state index is 0. The van der Waals surface area contributed by atoms with Gasteiger partial charge in [-0.3, -0.25) is 9.59 Å². The van der Waals surface area contributed by atoms with Gasteiger partial charge in [0.25, 0.3) is 0 Å². The molecule has 0 saturated heterocycles. The summed E-state index contributed by atoms with van der Waals surface area (Å²) in [6, 6.07) is 3.23. The number of anilines is 2. The lowest BCUT2D eigenvalue weighted by molar-refractivity contribution is -0.124. The molecule has 0 radical (unpaired) electrons. The van der Waals surface area contributed by atoms with Crippen LogP contribution in [0.4, 0.5) is 11.4 Å². The first kappa shape index (κ1) is 19.2. The summed E-state index contributed by atoms with van der Waals surface area (Å²) in [6.07, 6.45) is 6.36. The van der Waals surface area contributed by atoms with Crippen LogP contribution >= 0.6 is 12.4 Å². The maximum atomic E-state index is 12.0. The molecule has 2 amide bonds. The molecule has 0 unspecified atom stereocenters. The highest BCUT2D eigenvalue weighted by atomic mass is 35.5. The summed E-state index contributed by atoms with van der Waals surface area (Å²) < 4.78 is 10.5. The molecule has 0 spiro atoms. The van der Waals surface area contributed by atoms with Crippen LogP contribution in [0.1, 0.15) is 38.5 Å². The highest BCUT2D eigenvalue weighted by Gasteiger charge is 2.18. The summed E-state index contributed by atoms with van der Waals surface area (Å²) in [5, 5.41) is 5.33. The molecule has 1 saturated carbocycles. The van der Waals surface area contributed by atoms with E-state index in [0.717, 1.165) is 6.42 Å². The van der Waals surface area contributed by atoms with Crippen molar-refractivity contribution >= 4 is 35.6 Å². The van der Waals surface area contributed by atoms with Crippen molar-refractivity contribution in [3.63, 3.8) is 0 Å². The molecule has 1 aromatic rings. The molecule has 7 nitrogen and oxygen atoms in total. The first-order valence-electron chi connectivity index (χ1n) is 8.37. The van der Waals surface area contributed by atoms with Crippen LogP contribution in [0.5, 0.6) is 11.5 Å². The number of hydrogen-bond acceptors (Lipinski definition) is 5. The predicted molar refractivity (Wildman–Crippen MR) is 97.1 cm³/mol. The van der Waals surface area contributed by atoms with Crippen LogP contribution in [0.2, 0.25) is 0 Å². The van der Waals surface area contributed by atoms with Gasteiger partial charge in [0.1, 0.15) is 0 Å². The van der Waals surface area contributed by atoms with Crippen LogP contribution in [-0.4, -0.2) is 25.2 Å². The van der Waals surface area contributed by atoms with E-state index in [0.29, 0.717) is 35.2 Å². The lowest BCUT2D eigenvalue weighted by Gasteiger charge is -2.11. The second-order valence-corrected chi connectivity index (χ2v) is 6.31. The Kier molecular flexibility index (Phi) is 6.75. The average Bonchev–Trinajstić information content (AvgIpc) is 3.22. The Balaban J connectivity index is 0.00000225. The molecule has 1 aromatic carbocycles. The van der Waals surface area contributed by atoms with Crippen molar-refractivity contribution in [2.45, 2.75) is 38.5 Å². The standard InChI is InChI=1S/C17H23N3O4.ClH/c18-12-7-14-15(24-10-23-14)8-13(12)20-17(22)9-19-16(21)6-5-11-3-1-2-4-11;/h7-8,11H,1-6,9-10,18H2,(H,19,21)(H,20,22);1H. The predicted octanol–water partition coefficient (Wildman–Crippen LogP) is 2.44. The van der Waals surface area contributed by atoms with Crippen molar-refractivity contribution < 1.29 is 19.1 Å². The van der Waals surface area contributed by atoms with Crippen LogP contribution in [-0.2, 0) is 9.59 Å². The van der Waals surface area contributed by atoms with E-state index in [1.807, 2.05) is 0 Å². The van der Waals surface area contributed by atoms with Crippen molar-refractivity contribution in [2.75, 3.05) is 24.4 Å². The minimum Gasteiger partial charge on any atom is -0.454 e. The van der Waals surface area contributed by atoms with E-state index in [4.69, 9.17) is 15.2 Å². The van der Waals surface area contributed by atoms with E-state index in [-0.39, 0.29) is 37.6 Å². The zero-order valence-corrected chi connectivity index (χ0v) is 14.8. The summed E-state index contributed by atoms with van der Waals surface area (Å²) in [4.78, 5) is 23.8. The topological polar surface area (TPSA) is 103 Å². The fourth-order valence-corrected chi connectivity index (χ4v) is 3.16. The molecule has 8 heteroatoms. The molecule has 1 fully saturated rings. The second kappa shape index (κ2) is 8.80. The van der Waals surface area contributed by atoms with Crippen LogP contribution in [0.25, 0.3) is 0 Å². The molecule has 2 aliphatic rings. The number of nitrogen functional groups attached to an aromatic ring is 1. The van der Waals surface area contributed by atoms with E-state index in [1.165, 1.54) is 25.7 Å². The van der Waals surface area contributed by atoms with Gasteiger partial charge in [-0.2, -0.15) is 0 Å². The van der Waals surface area contributed by atoms with Crippen molar-refractivity contribution in [1.82, 2.24) is 5.32 Å². The van der Waals surface area contributed by atoms with E-state index in [9.17, 15) is 9.59 Å². The third-order valence-electron chi connectivity index (χ3n) is 4.52. The van der Waals surface area contributed by atoms with Crippen LogP contribution < -0.4 is 25.8 Å². The molecule has 4 N–H and O–H groups in total.